The average Bonchev–Trinajstić information content (AvgIpc) is 2.55. The highest BCUT2D eigenvalue weighted by molar-refractivity contribution is 4.87. The van der Waals surface area contributed by atoms with Crippen LogP contribution in [0, 0.1) is 11.8 Å². The lowest BCUT2D eigenvalue weighted by Gasteiger charge is -2.18. The monoisotopic (exact) mass is 157 g/mol. The Morgan fingerprint density at radius 2 is 1.82 bits per heavy atom. The maximum atomic E-state index is 13.2. The van der Waals surface area contributed by atoms with Crippen LogP contribution in [0.1, 0.15) is 25.7 Å². The van der Waals surface area contributed by atoms with Crippen LogP contribution in [0.5, 0.6) is 0 Å². The van der Waals surface area contributed by atoms with Gasteiger partial charge in [0.1, 0.15) is 6.17 Å². The first-order valence-electron chi connectivity index (χ1n) is 4.72. The number of rotatable bonds is 1. The first kappa shape index (κ1) is 7.53. The van der Waals surface area contributed by atoms with Crippen LogP contribution in [0.15, 0.2) is 0 Å². The highest BCUT2D eigenvalue weighted by atomic mass is 19.1. The number of hydrogen-bond donors (Lipinski definition) is 1. The molecule has 1 aliphatic heterocycles. The molecular formula is C9H16FN. The van der Waals surface area contributed by atoms with Crippen molar-refractivity contribution in [3.63, 3.8) is 0 Å². The molecule has 2 atom stereocenters. The van der Waals surface area contributed by atoms with Gasteiger partial charge in [0.2, 0.25) is 0 Å². The van der Waals surface area contributed by atoms with Crippen molar-refractivity contribution in [2.75, 3.05) is 13.1 Å². The minimum atomic E-state index is -0.557. The second-order valence-corrected chi connectivity index (χ2v) is 3.88. The summed E-state index contributed by atoms with van der Waals surface area (Å²) in [7, 11) is 0. The van der Waals surface area contributed by atoms with E-state index in [9.17, 15) is 4.39 Å². The average molecular weight is 157 g/mol. The Morgan fingerprint density at radius 3 is 2.36 bits per heavy atom. The van der Waals surface area contributed by atoms with Crippen molar-refractivity contribution in [3.05, 3.63) is 0 Å². The van der Waals surface area contributed by atoms with E-state index in [1.165, 1.54) is 25.7 Å². The molecule has 1 nitrogen and oxygen atoms in total. The van der Waals surface area contributed by atoms with E-state index in [1.807, 2.05) is 0 Å². The Labute approximate surface area is 67.4 Å². The van der Waals surface area contributed by atoms with Gasteiger partial charge in [-0.05, 0) is 5.92 Å². The third kappa shape index (κ3) is 1.41. The van der Waals surface area contributed by atoms with Crippen LogP contribution in [0.4, 0.5) is 4.39 Å². The van der Waals surface area contributed by atoms with Gasteiger partial charge in [-0.3, -0.25) is 0 Å². The van der Waals surface area contributed by atoms with E-state index in [4.69, 9.17) is 0 Å². The van der Waals surface area contributed by atoms with Gasteiger partial charge in [0.25, 0.3) is 0 Å². The summed E-state index contributed by atoms with van der Waals surface area (Å²) < 4.78 is 13.2. The number of nitrogens with one attached hydrogen (secondary N) is 1. The maximum Gasteiger partial charge on any atom is 0.117 e. The Morgan fingerprint density at radius 1 is 1.09 bits per heavy atom. The summed E-state index contributed by atoms with van der Waals surface area (Å²) in [4.78, 5) is 0. The summed E-state index contributed by atoms with van der Waals surface area (Å²) in [6.07, 6.45) is 4.64. The third-order valence-corrected chi connectivity index (χ3v) is 3.19. The molecule has 1 heterocycles. The smallest absolute Gasteiger partial charge is 0.117 e. The van der Waals surface area contributed by atoms with Crippen molar-refractivity contribution in [2.24, 2.45) is 11.8 Å². The van der Waals surface area contributed by atoms with Crippen LogP contribution in [-0.4, -0.2) is 19.3 Å². The van der Waals surface area contributed by atoms with Gasteiger partial charge in [-0.2, -0.15) is 0 Å². The van der Waals surface area contributed by atoms with Crippen LogP contribution >= 0.6 is 0 Å². The summed E-state index contributed by atoms with van der Waals surface area (Å²) in [5.74, 6) is 1.04. The fourth-order valence-electron chi connectivity index (χ4n) is 2.51. The Bertz CT molecular complexity index is 132. The minimum Gasteiger partial charge on any atom is -0.313 e. The van der Waals surface area contributed by atoms with Crippen molar-refractivity contribution >= 4 is 0 Å². The molecule has 0 spiro atoms. The molecule has 1 saturated carbocycles. The standard InChI is InChI=1S/C9H16FN/c10-9-6-11-5-8(9)7-3-1-2-4-7/h7-9,11H,1-6H2/t8-,9-/m1/s1. The molecule has 1 N–H and O–H groups in total. The van der Waals surface area contributed by atoms with Crippen molar-refractivity contribution in [1.82, 2.24) is 5.32 Å². The molecule has 1 aliphatic carbocycles. The summed E-state index contributed by atoms with van der Waals surface area (Å²) in [6, 6.07) is 0. The highest BCUT2D eigenvalue weighted by Gasteiger charge is 2.34. The largest absolute Gasteiger partial charge is 0.313 e. The SMILES string of the molecule is F[C@@H]1CNC[C@@H]1C1CCCC1. The third-order valence-electron chi connectivity index (χ3n) is 3.19. The van der Waals surface area contributed by atoms with E-state index >= 15 is 0 Å². The van der Waals surface area contributed by atoms with E-state index in [2.05, 4.69) is 5.32 Å². The molecule has 1 saturated heterocycles. The molecule has 64 valence electrons. The van der Waals surface area contributed by atoms with Crippen LogP contribution < -0.4 is 5.32 Å². The van der Waals surface area contributed by atoms with Crippen LogP contribution in [0.2, 0.25) is 0 Å². The summed E-state index contributed by atoms with van der Waals surface area (Å²) in [5.41, 5.74) is 0. The Hall–Kier alpha value is -0.110. The van der Waals surface area contributed by atoms with Crippen molar-refractivity contribution in [3.8, 4) is 0 Å². The molecular weight excluding hydrogens is 141 g/mol. The van der Waals surface area contributed by atoms with E-state index < -0.39 is 6.17 Å². The molecule has 2 aliphatic rings. The lowest BCUT2D eigenvalue weighted by atomic mass is 9.89. The molecule has 2 fully saturated rings. The minimum absolute atomic E-state index is 0.345. The van der Waals surface area contributed by atoms with E-state index in [-0.39, 0.29) is 0 Å². The van der Waals surface area contributed by atoms with Crippen molar-refractivity contribution in [2.45, 2.75) is 31.9 Å². The van der Waals surface area contributed by atoms with Gasteiger partial charge < -0.3 is 5.32 Å². The molecule has 0 aromatic carbocycles. The molecule has 0 bridgehead atoms. The normalized spacial score (nSPS) is 40.1. The molecule has 2 rings (SSSR count). The second-order valence-electron chi connectivity index (χ2n) is 3.88. The van der Waals surface area contributed by atoms with Crippen LogP contribution in [0.3, 0.4) is 0 Å². The molecule has 2 heteroatoms. The van der Waals surface area contributed by atoms with Crippen LogP contribution in [0.25, 0.3) is 0 Å². The van der Waals surface area contributed by atoms with E-state index in [1.54, 1.807) is 0 Å². The quantitative estimate of drug-likeness (QED) is 0.611. The van der Waals surface area contributed by atoms with Gasteiger partial charge in [0.15, 0.2) is 0 Å². The van der Waals surface area contributed by atoms with Gasteiger partial charge in [0, 0.05) is 19.0 Å². The lowest BCUT2D eigenvalue weighted by Crippen LogP contribution is -2.21. The zero-order valence-electron chi connectivity index (χ0n) is 6.85. The van der Waals surface area contributed by atoms with E-state index in [0.29, 0.717) is 18.4 Å². The van der Waals surface area contributed by atoms with E-state index in [0.717, 1.165) is 6.54 Å². The maximum absolute atomic E-state index is 13.2. The van der Waals surface area contributed by atoms with Gasteiger partial charge in [-0.25, -0.2) is 4.39 Å². The molecule has 0 radical (unpaired) electrons. The number of alkyl halides is 1. The molecule has 0 aromatic heterocycles. The van der Waals surface area contributed by atoms with Gasteiger partial charge in [-0.15, -0.1) is 0 Å². The Kier molecular flexibility index (Phi) is 2.12. The molecule has 0 aromatic rings. The molecule has 11 heavy (non-hydrogen) atoms. The van der Waals surface area contributed by atoms with Gasteiger partial charge >= 0.3 is 0 Å². The predicted molar refractivity (Wildman–Crippen MR) is 43.2 cm³/mol. The summed E-state index contributed by atoms with van der Waals surface area (Å²) >= 11 is 0. The zero-order chi connectivity index (χ0) is 7.68. The lowest BCUT2D eigenvalue weighted by molar-refractivity contribution is 0.216. The number of hydrogen-bond acceptors (Lipinski definition) is 1. The topological polar surface area (TPSA) is 12.0 Å². The van der Waals surface area contributed by atoms with Crippen molar-refractivity contribution < 1.29 is 4.39 Å². The van der Waals surface area contributed by atoms with Crippen molar-refractivity contribution in [1.29, 1.82) is 0 Å². The van der Waals surface area contributed by atoms with Crippen LogP contribution in [-0.2, 0) is 0 Å². The highest BCUT2D eigenvalue weighted by Crippen LogP contribution is 2.35. The summed E-state index contributed by atoms with van der Waals surface area (Å²) in [6.45, 7) is 1.52. The summed E-state index contributed by atoms with van der Waals surface area (Å²) in [5, 5.41) is 3.12. The fraction of sp³-hybridized carbons (Fsp3) is 1.00. The molecule has 0 unspecified atom stereocenters. The second kappa shape index (κ2) is 3.10. The zero-order valence-corrected chi connectivity index (χ0v) is 6.85. The van der Waals surface area contributed by atoms with Gasteiger partial charge in [0.05, 0.1) is 0 Å². The molecule has 0 amide bonds. The predicted octanol–water partition coefficient (Wildman–Crippen LogP) is 1.73. The fourth-order valence-corrected chi connectivity index (χ4v) is 2.51. The van der Waals surface area contributed by atoms with Gasteiger partial charge in [-0.1, -0.05) is 25.7 Å². The number of halogens is 1. The first-order valence-corrected chi connectivity index (χ1v) is 4.72. The first-order chi connectivity index (χ1) is 5.38. The Balaban J connectivity index is 1.92.